The number of nitrogens with zero attached hydrogens (tertiary/aromatic N) is 1. The molecular weight excluding hydrogens is 461 g/mol. The smallest absolute Gasteiger partial charge is 0.304 e. The zero-order chi connectivity index (χ0) is 23.5. The summed E-state index contributed by atoms with van der Waals surface area (Å²) in [4.78, 5) is 25.9. The number of halogens is 2. The molecule has 3 aromatic rings. The number of aryl methyl sites for hydroxylation is 1. The fraction of sp³-hybridized carbons (Fsp3) is 0.160. The topological polar surface area (TPSA) is 70.4 Å². The minimum atomic E-state index is -0.838. The lowest BCUT2D eigenvalue weighted by Crippen LogP contribution is -2.42. The van der Waals surface area contributed by atoms with Gasteiger partial charge in [-0.1, -0.05) is 40.9 Å². The average Bonchev–Trinajstić information content (AvgIpc) is 3.10. The predicted octanol–water partition coefficient (Wildman–Crippen LogP) is 4.33. The van der Waals surface area contributed by atoms with E-state index in [1.54, 1.807) is 48.3 Å². The Labute approximate surface area is 201 Å². The molecule has 2 atom stereocenters. The van der Waals surface area contributed by atoms with E-state index in [2.05, 4.69) is 10.7 Å². The van der Waals surface area contributed by atoms with Crippen LogP contribution in [0.4, 0.5) is 0 Å². The highest BCUT2D eigenvalue weighted by Gasteiger charge is 2.47. The first-order valence-corrected chi connectivity index (χ1v) is 11.0. The molecule has 1 heterocycles. The molecule has 2 N–H and O–H groups in total. The summed E-state index contributed by atoms with van der Waals surface area (Å²) in [5.74, 6) is 0.0187. The van der Waals surface area contributed by atoms with Crippen molar-refractivity contribution in [2.75, 3.05) is 7.11 Å². The van der Waals surface area contributed by atoms with Gasteiger partial charge in [-0.3, -0.25) is 9.59 Å². The SMILES string of the molecule is COc1ccc([C@@H]2[C@@H](NC(=O)c3ccc(C)cc3)C(=O)N/[N+]2=C\c2ccc(Cl)cc2Cl)cc1. The molecule has 0 aromatic heterocycles. The second-order valence-corrected chi connectivity index (χ2v) is 8.56. The number of carbonyl (C=O) groups is 2. The Balaban J connectivity index is 1.72. The van der Waals surface area contributed by atoms with E-state index in [0.717, 1.165) is 11.1 Å². The van der Waals surface area contributed by atoms with Gasteiger partial charge in [-0.15, -0.1) is 10.1 Å². The highest BCUT2D eigenvalue weighted by atomic mass is 35.5. The molecule has 3 aromatic carbocycles. The van der Waals surface area contributed by atoms with Crippen LogP contribution in [0.25, 0.3) is 0 Å². The number of hydrogen-bond donors (Lipinski definition) is 2. The number of nitrogens with one attached hydrogen (secondary N) is 2. The van der Waals surface area contributed by atoms with E-state index >= 15 is 0 Å². The van der Waals surface area contributed by atoms with E-state index in [9.17, 15) is 9.59 Å². The molecule has 0 unspecified atom stereocenters. The molecule has 1 saturated heterocycles. The van der Waals surface area contributed by atoms with Crippen LogP contribution >= 0.6 is 23.2 Å². The number of ether oxygens (including phenoxy) is 1. The van der Waals surface area contributed by atoms with Gasteiger partial charge in [0.25, 0.3) is 5.91 Å². The molecule has 6 nitrogen and oxygen atoms in total. The molecule has 4 rings (SSSR count). The van der Waals surface area contributed by atoms with Crippen molar-refractivity contribution in [3.63, 3.8) is 0 Å². The van der Waals surface area contributed by atoms with Crippen molar-refractivity contribution in [3.8, 4) is 5.75 Å². The van der Waals surface area contributed by atoms with Crippen LogP contribution in [0.5, 0.6) is 5.75 Å². The van der Waals surface area contributed by atoms with Gasteiger partial charge in [0.1, 0.15) is 5.75 Å². The van der Waals surface area contributed by atoms with E-state index in [1.165, 1.54) is 0 Å². The zero-order valence-electron chi connectivity index (χ0n) is 18.0. The molecule has 33 heavy (non-hydrogen) atoms. The van der Waals surface area contributed by atoms with Crippen LogP contribution in [-0.4, -0.2) is 35.9 Å². The molecule has 0 spiro atoms. The van der Waals surface area contributed by atoms with Crippen LogP contribution in [0.3, 0.4) is 0 Å². The fourth-order valence-electron chi connectivity index (χ4n) is 3.67. The second-order valence-electron chi connectivity index (χ2n) is 7.71. The first kappa shape index (κ1) is 22.8. The van der Waals surface area contributed by atoms with Crippen LogP contribution in [0.2, 0.25) is 10.0 Å². The van der Waals surface area contributed by atoms with Gasteiger partial charge < -0.3 is 10.1 Å². The van der Waals surface area contributed by atoms with Crippen molar-refractivity contribution < 1.29 is 19.0 Å². The van der Waals surface area contributed by atoms with Crippen LogP contribution in [0.1, 0.15) is 33.1 Å². The van der Waals surface area contributed by atoms with Gasteiger partial charge in [-0.2, -0.15) is 0 Å². The summed E-state index contributed by atoms with van der Waals surface area (Å²) in [5, 5.41) is 3.84. The van der Waals surface area contributed by atoms with Crippen molar-refractivity contribution in [2.45, 2.75) is 19.0 Å². The molecule has 1 aliphatic heterocycles. The lowest BCUT2D eigenvalue weighted by Gasteiger charge is -2.15. The summed E-state index contributed by atoms with van der Waals surface area (Å²) in [5.41, 5.74) is 5.84. The number of amides is 2. The maximum absolute atomic E-state index is 13.0. The molecule has 1 fully saturated rings. The summed E-state index contributed by atoms with van der Waals surface area (Å²) in [6, 6.07) is 18.3. The fourth-order valence-corrected chi connectivity index (χ4v) is 4.12. The third-order valence-corrected chi connectivity index (χ3v) is 6.00. The van der Waals surface area contributed by atoms with Gasteiger partial charge in [-0.25, -0.2) is 0 Å². The maximum atomic E-state index is 13.0. The van der Waals surface area contributed by atoms with Crippen molar-refractivity contribution >= 4 is 41.2 Å². The molecule has 0 radical (unpaired) electrons. The van der Waals surface area contributed by atoms with Crippen molar-refractivity contribution in [1.82, 2.24) is 10.7 Å². The van der Waals surface area contributed by atoms with Crippen LogP contribution in [-0.2, 0) is 4.79 Å². The number of hydrazone groups is 1. The number of carbonyl (C=O) groups excluding carboxylic acids is 2. The minimum Gasteiger partial charge on any atom is -0.497 e. The summed E-state index contributed by atoms with van der Waals surface area (Å²) < 4.78 is 6.91. The largest absolute Gasteiger partial charge is 0.497 e. The summed E-state index contributed by atoms with van der Waals surface area (Å²) in [6.07, 6.45) is 1.73. The van der Waals surface area contributed by atoms with E-state index < -0.39 is 12.1 Å². The third-order valence-electron chi connectivity index (χ3n) is 5.44. The second kappa shape index (κ2) is 9.65. The van der Waals surface area contributed by atoms with Crippen LogP contribution in [0.15, 0.2) is 66.7 Å². The Kier molecular flexibility index (Phi) is 6.67. The average molecular weight is 483 g/mol. The number of hydrazine groups is 1. The van der Waals surface area contributed by atoms with Gasteiger partial charge in [0.05, 0.1) is 17.7 Å². The van der Waals surface area contributed by atoms with Gasteiger partial charge in [0.2, 0.25) is 12.3 Å². The minimum absolute atomic E-state index is 0.333. The standard InChI is InChI=1S/C25H21Cl2N3O3/c1-15-3-5-17(6-4-15)24(31)28-22-23(16-8-11-20(33-2)12-9-16)30(29-25(22)32)14-18-7-10-19(26)13-21(18)27/h3-14,22-23H,1-2H3,(H-,28,29,31,32)/p+1/b30-14-/t22-,23-/m1/s1. The Morgan fingerprint density at radius 3 is 2.39 bits per heavy atom. The molecule has 2 amide bonds. The first-order valence-electron chi connectivity index (χ1n) is 10.3. The van der Waals surface area contributed by atoms with E-state index in [4.69, 9.17) is 27.9 Å². The highest BCUT2D eigenvalue weighted by molar-refractivity contribution is 6.36. The lowest BCUT2D eigenvalue weighted by molar-refractivity contribution is -0.596. The quantitative estimate of drug-likeness (QED) is 0.531. The molecule has 0 bridgehead atoms. The molecular formula is C25H22Cl2N3O3+. The number of benzene rings is 3. The number of methoxy groups -OCH3 is 1. The van der Waals surface area contributed by atoms with E-state index in [0.29, 0.717) is 26.9 Å². The lowest BCUT2D eigenvalue weighted by atomic mass is 9.99. The number of hydrogen-bond acceptors (Lipinski definition) is 3. The van der Waals surface area contributed by atoms with Crippen molar-refractivity contribution in [2.24, 2.45) is 0 Å². The first-order chi connectivity index (χ1) is 15.9. The summed E-state index contributed by atoms with van der Waals surface area (Å²) in [7, 11) is 1.59. The summed E-state index contributed by atoms with van der Waals surface area (Å²) in [6.45, 7) is 1.95. The monoisotopic (exact) mass is 482 g/mol. The van der Waals surface area contributed by atoms with Crippen molar-refractivity contribution in [1.29, 1.82) is 0 Å². The molecule has 8 heteroatoms. The van der Waals surface area contributed by atoms with E-state index in [1.807, 2.05) is 43.3 Å². The van der Waals surface area contributed by atoms with Crippen LogP contribution < -0.4 is 15.5 Å². The Morgan fingerprint density at radius 1 is 1.06 bits per heavy atom. The maximum Gasteiger partial charge on any atom is 0.304 e. The van der Waals surface area contributed by atoms with Crippen molar-refractivity contribution in [3.05, 3.63) is 99.0 Å². The Hall–Kier alpha value is -3.35. The normalized spacial score (nSPS) is 18.8. The van der Waals surface area contributed by atoms with Gasteiger partial charge >= 0.3 is 5.91 Å². The zero-order valence-corrected chi connectivity index (χ0v) is 19.5. The third kappa shape index (κ3) is 5.02. The molecule has 1 aliphatic rings. The van der Waals surface area contributed by atoms with Crippen LogP contribution in [0, 0.1) is 6.92 Å². The number of rotatable bonds is 5. The molecule has 0 aliphatic carbocycles. The molecule has 0 saturated carbocycles. The Bertz CT molecular complexity index is 1220. The van der Waals surface area contributed by atoms with E-state index in [-0.39, 0.29) is 11.8 Å². The highest BCUT2D eigenvalue weighted by Crippen LogP contribution is 2.28. The van der Waals surface area contributed by atoms with Gasteiger partial charge in [-0.05, 0) is 61.5 Å². The van der Waals surface area contributed by atoms with Gasteiger partial charge in [0.15, 0.2) is 6.04 Å². The van der Waals surface area contributed by atoms with Gasteiger partial charge in [0, 0.05) is 16.1 Å². The Morgan fingerprint density at radius 2 is 1.76 bits per heavy atom. The predicted molar refractivity (Wildman–Crippen MR) is 128 cm³/mol. The molecule has 168 valence electrons. The summed E-state index contributed by atoms with van der Waals surface area (Å²) >= 11 is 12.4.